The predicted molar refractivity (Wildman–Crippen MR) is 93.7 cm³/mol. The minimum absolute atomic E-state index is 0.222. The quantitative estimate of drug-likeness (QED) is 0.802. The van der Waals surface area contributed by atoms with Gasteiger partial charge >= 0.3 is 5.97 Å². The summed E-state index contributed by atoms with van der Waals surface area (Å²) in [4.78, 5) is 13.3. The molecule has 1 aliphatic heterocycles. The van der Waals surface area contributed by atoms with E-state index in [4.69, 9.17) is 5.11 Å². The lowest BCUT2D eigenvalue weighted by Crippen LogP contribution is -2.54. The van der Waals surface area contributed by atoms with E-state index < -0.39 is 17.4 Å². The first kappa shape index (κ1) is 18.4. The van der Waals surface area contributed by atoms with Gasteiger partial charge in [0.05, 0.1) is 11.5 Å². The van der Waals surface area contributed by atoms with Crippen LogP contribution in [0.15, 0.2) is 30.3 Å². The van der Waals surface area contributed by atoms with E-state index in [2.05, 4.69) is 30.1 Å². The first-order valence-corrected chi connectivity index (χ1v) is 8.65. The summed E-state index contributed by atoms with van der Waals surface area (Å²) in [7, 11) is 0. The van der Waals surface area contributed by atoms with E-state index in [1.165, 1.54) is 0 Å². The molecule has 2 unspecified atom stereocenters. The third-order valence-electron chi connectivity index (χ3n) is 5.08. The van der Waals surface area contributed by atoms with Crippen molar-refractivity contribution in [2.45, 2.75) is 38.1 Å². The maximum Gasteiger partial charge on any atom is 0.322 e. The number of rotatable bonds is 7. The van der Waals surface area contributed by atoms with Crippen molar-refractivity contribution < 1.29 is 9.90 Å². The zero-order chi connectivity index (χ0) is 17.6. The van der Waals surface area contributed by atoms with Gasteiger partial charge in [0.25, 0.3) is 0 Å². The monoisotopic (exact) mass is 329 g/mol. The summed E-state index contributed by atoms with van der Waals surface area (Å²) in [6.45, 7) is 7.11. The van der Waals surface area contributed by atoms with Crippen LogP contribution in [0.2, 0.25) is 0 Å². The molecular formula is C19H27N3O2. The number of hydrogen-bond donors (Lipinski definition) is 2. The van der Waals surface area contributed by atoms with E-state index in [0.29, 0.717) is 13.1 Å². The number of nitriles is 1. The van der Waals surface area contributed by atoms with Crippen molar-refractivity contribution in [2.24, 2.45) is 5.92 Å². The fourth-order valence-electron chi connectivity index (χ4n) is 3.51. The maximum atomic E-state index is 11.1. The van der Waals surface area contributed by atoms with Crippen LogP contribution in [0.3, 0.4) is 0 Å². The first-order chi connectivity index (χ1) is 11.5. The molecule has 5 nitrogen and oxygen atoms in total. The van der Waals surface area contributed by atoms with Crippen LogP contribution in [-0.4, -0.2) is 48.2 Å². The van der Waals surface area contributed by atoms with Gasteiger partial charge in [0.1, 0.15) is 6.04 Å². The van der Waals surface area contributed by atoms with Crippen LogP contribution < -0.4 is 5.32 Å². The number of carbonyl (C=O) groups is 1. The van der Waals surface area contributed by atoms with Gasteiger partial charge in [0.2, 0.25) is 0 Å². The summed E-state index contributed by atoms with van der Waals surface area (Å²) in [5.74, 6) is -0.572. The van der Waals surface area contributed by atoms with Crippen molar-refractivity contribution >= 4 is 5.97 Å². The summed E-state index contributed by atoms with van der Waals surface area (Å²) in [5, 5.41) is 22.1. The molecule has 0 spiro atoms. The third kappa shape index (κ3) is 4.14. The number of aliphatic carboxylic acids is 1. The SMILES string of the molecule is CC(C)C(C#N)(CCCN1CCNC(C(=O)O)C1)c1ccccc1. The molecule has 2 rings (SSSR count). The number of benzene rings is 1. The van der Waals surface area contributed by atoms with Crippen LogP contribution in [0, 0.1) is 17.2 Å². The zero-order valence-corrected chi connectivity index (χ0v) is 14.5. The van der Waals surface area contributed by atoms with E-state index in [1.54, 1.807) is 0 Å². The molecule has 24 heavy (non-hydrogen) atoms. The minimum Gasteiger partial charge on any atom is -0.480 e. The molecule has 1 aliphatic rings. The molecule has 1 aromatic rings. The van der Waals surface area contributed by atoms with E-state index >= 15 is 0 Å². The number of piperazine rings is 1. The van der Waals surface area contributed by atoms with Gasteiger partial charge in [-0.1, -0.05) is 44.2 Å². The Morgan fingerprint density at radius 1 is 1.46 bits per heavy atom. The number of hydrogen-bond acceptors (Lipinski definition) is 4. The Morgan fingerprint density at radius 2 is 2.17 bits per heavy atom. The highest BCUT2D eigenvalue weighted by molar-refractivity contribution is 5.73. The molecule has 5 heteroatoms. The maximum absolute atomic E-state index is 11.1. The number of carboxylic acids is 1. The molecule has 0 aromatic heterocycles. The Kier molecular flexibility index (Phi) is 6.36. The molecule has 1 aromatic carbocycles. The van der Waals surface area contributed by atoms with E-state index in [1.807, 2.05) is 30.3 Å². The number of nitrogens with one attached hydrogen (secondary N) is 1. The smallest absolute Gasteiger partial charge is 0.322 e. The summed E-state index contributed by atoms with van der Waals surface area (Å²) in [6, 6.07) is 12.1. The van der Waals surface area contributed by atoms with Crippen LogP contribution in [0.1, 0.15) is 32.3 Å². The molecule has 0 amide bonds. The fraction of sp³-hybridized carbons (Fsp3) is 0.579. The molecule has 0 bridgehead atoms. The standard InChI is InChI=1S/C19H27N3O2/c1-15(2)19(14-20,16-7-4-3-5-8-16)9-6-11-22-12-10-21-17(13-22)18(23)24/h3-5,7-8,15,17,21H,6,9-13H2,1-2H3,(H,23,24). The molecule has 2 atom stereocenters. The van der Waals surface area contributed by atoms with E-state index in [-0.39, 0.29) is 5.92 Å². The van der Waals surface area contributed by atoms with Crippen molar-refractivity contribution in [3.05, 3.63) is 35.9 Å². The summed E-state index contributed by atoms with van der Waals surface area (Å²) < 4.78 is 0. The van der Waals surface area contributed by atoms with Gasteiger partial charge in [-0.25, -0.2) is 0 Å². The largest absolute Gasteiger partial charge is 0.480 e. The molecular weight excluding hydrogens is 302 g/mol. The van der Waals surface area contributed by atoms with Crippen LogP contribution in [0.25, 0.3) is 0 Å². The Hall–Kier alpha value is -1.90. The van der Waals surface area contributed by atoms with E-state index in [0.717, 1.165) is 31.5 Å². The Bertz CT molecular complexity index is 582. The highest BCUT2D eigenvalue weighted by Crippen LogP contribution is 2.36. The zero-order valence-electron chi connectivity index (χ0n) is 14.5. The second-order valence-corrected chi connectivity index (χ2v) is 6.85. The molecule has 130 valence electrons. The summed E-state index contributed by atoms with van der Waals surface area (Å²) >= 11 is 0. The van der Waals surface area contributed by atoms with Gasteiger partial charge in [0, 0.05) is 19.6 Å². The molecule has 2 N–H and O–H groups in total. The molecule has 1 fully saturated rings. The normalized spacial score (nSPS) is 21.2. The van der Waals surface area contributed by atoms with Gasteiger partial charge in [-0.3, -0.25) is 9.69 Å². The van der Waals surface area contributed by atoms with Crippen LogP contribution in [0.5, 0.6) is 0 Å². The van der Waals surface area contributed by atoms with Crippen LogP contribution >= 0.6 is 0 Å². The highest BCUT2D eigenvalue weighted by Gasteiger charge is 2.35. The fourth-order valence-corrected chi connectivity index (χ4v) is 3.51. The average Bonchev–Trinajstić information content (AvgIpc) is 2.59. The van der Waals surface area contributed by atoms with Crippen molar-refractivity contribution in [2.75, 3.05) is 26.2 Å². The van der Waals surface area contributed by atoms with Gasteiger partial charge in [0.15, 0.2) is 0 Å². The van der Waals surface area contributed by atoms with E-state index in [9.17, 15) is 10.1 Å². The lowest BCUT2D eigenvalue weighted by atomic mass is 9.70. The number of carboxylic acid groups (broad SMARTS) is 1. The molecule has 0 saturated carbocycles. The van der Waals surface area contributed by atoms with Crippen LogP contribution in [0.4, 0.5) is 0 Å². The Labute approximate surface area is 144 Å². The molecule has 1 saturated heterocycles. The average molecular weight is 329 g/mol. The van der Waals surface area contributed by atoms with Gasteiger partial charge in [-0.2, -0.15) is 5.26 Å². The highest BCUT2D eigenvalue weighted by atomic mass is 16.4. The van der Waals surface area contributed by atoms with Crippen LogP contribution in [-0.2, 0) is 10.2 Å². The molecule has 0 radical (unpaired) electrons. The van der Waals surface area contributed by atoms with Gasteiger partial charge in [-0.05, 0) is 30.9 Å². The predicted octanol–water partition coefficient (Wildman–Crippen LogP) is 2.24. The third-order valence-corrected chi connectivity index (χ3v) is 5.08. The lowest BCUT2D eigenvalue weighted by Gasteiger charge is -2.34. The summed E-state index contributed by atoms with van der Waals surface area (Å²) in [6.07, 6.45) is 1.67. The Balaban J connectivity index is 1.99. The van der Waals surface area contributed by atoms with Crippen molar-refractivity contribution in [1.29, 1.82) is 5.26 Å². The van der Waals surface area contributed by atoms with Gasteiger partial charge in [-0.15, -0.1) is 0 Å². The molecule has 0 aliphatic carbocycles. The number of nitrogens with zero attached hydrogens (tertiary/aromatic N) is 2. The second-order valence-electron chi connectivity index (χ2n) is 6.85. The second kappa shape index (κ2) is 8.27. The van der Waals surface area contributed by atoms with Crippen molar-refractivity contribution in [3.8, 4) is 6.07 Å². The van der Waals surface area contributed by atoms with Gasteiger partial charge < -0.3 is 10.4 Å². The minimum atomic E-state index is -0.794. The summed E-state index contributed by atoms with van der Waals surface area (Å²) in [5.41, 5.74) is 0.591. The van der Waals surface area contributed by atoms with Crippen molar-refractivity contribution in [3.63, 3.8) is 0 Å². The van der Waals surface area contributed by atoms with Crippen molar-refractivity contribution in [1.82, 2.24) is 10.2 Å². The Morgan fingerprint density at radius 3 is 2.75 bits per heavy atom. The lowest BCUT2D eigenvalue weighted by molar-refractivity contribution is -0.140. The first-order valence-electron chi connectivity index (χ1n) is 8.65. The topological polar surface area (TPSA) is 76.4 Å². The molecule has 1 heterocycles.